The Labute approximate surface area is 256 Å². The van der Waals surface area contributed by atoms with Gasteiger partial charge in [-0.25, -0.2) is 23.8 Å². The lowest BCUT2D eigenvalue weighted by Gasteiger charge is -2.19. The molecule has 1 atom stereocenters. The van der Waals surface area contributed by atoms with Crippen molar-refractivity contribution in [3.63, 3.8) is 0 Å². The van der Waals surface area contributed by atoms with Crippen molar-refractivity contribution in [1.82, 2.24) is 34.9 Å². The van der Waals surface area contributed by atoms with E-state index in [0.717, 1.165) is 29.7 Å². The van der Waals surface area contributed by atoms with Crippen molar-refractivity contribution in [3.8, 4) is 11.4 Å². The fourth-order valence-corrected chi connectivity index (χ4v) is 4.91. The molecule has 19 heteroatoms. The average molecular weight is 669 g/mol. The molecule has 0 radical (unpaired) electrons. The van der Waals surface area contributed by atoms with Crippen LogP contribution in [0.3, 0.4) is 0 Å². The molecule has 47 heavy (non-hydrogen) atoms. The Morgan fingerprint density at radius 1 is 1.00 bits per heavy atom. The predicted octanol–water partition coefficient (Wildman–Crippen LogP) is 5.75. The Hall–Kier alpha value is -5.23. The van der Waals surface area contributed by atoms with Gasteiger partial charge in [-0.1, -0.05) is 0 Å². The summed E-state index contributed by atoms with van der Waals surface area (Å²) in [5.74, 6) is -3.39. The predicted molar refractivity (Wildman–Crippen MR) is 146 cm³/mol. The van der Waals surface area contributed by atoms with Crippen molar-refractivity contribution in [3.05, 3.63) is 92.2 Å². The van der Waals surface area contributed by atoms with Gasteiger partial charge in [0.05, 0.1) is 28.4 Å². The Balaban J connectivity index is 1.26. The molecule has 4 heterocycles. The topological polar surface area (TPSA) is 144 Å². The second kappa shape index (κ2) is 11.8. The number of nitrogens with one attached hydrogen (secondary N) is 2. The molecule has 2 N–H and O–H groups in total. The molecular formula is C28H20F8N8O3. The number of pyridine rings is 1. The molecule has 4 aromatic heterocycles. The number of aryl methyl sites for hydroxylation is 1. The highest BCUT2D eigenvalue weighted by atomic mass is 19.4. The molecule has 0 saturated heterocycles. The molecule has 1 aliphatic rings. The van der Waals surface area contributed by atoms with E-state index in [-0.39, 0.29) is 36.6 Å². The van der Waals surface area contributed by atoms with Crippen LogP contribution in [0.1, 0.15) is 60.6 Å². The summed E-state index contributed by atoms with van der Waals surface area (Å²) in [6, 6.07) is 1.24. The first-order valence-electron chi connectivity index (χ1n) is 13.9. The number of alkyl halides is 6. The first-order chi connectivity index (χ1) is 22.2. The summed E-state index contributed by atoms with van der Waals surface area (Å²) in [7, 11) is 0. The maximum Gasteiger partial charge on any atom is 0.423 e. The third-order valence-electron chi connectivity index (χ3n) is 7.41. The van der Waals surface area contributed by atoms with Gasteiger partial charge in [0, 0.05) is 31.1 Å². The van der Waals surface area contributed by atoms with E-state index in [2.05, 4.69) is 30.6 Å². The molecule has 11 nitrogen and oxygen atoms in total. The maximum absolute atomic E-state index is 15.2. The highest BCUT2D eigenvalue weighted by Crippen LogP contribution is 2.40. The van der Waals surface area contributed by atoms with Crippen LogP contribution in [0.15, 0.2) is 50.9 Å². The molecule has 0 amide bonds. The van der Waals surface area contributed by atoms with Crippen LogP contribution in [0, 0.1) is 11.6 Å². The van der Waals surface area contributed by atoms with Gasteiger partial charge in [-0.15, -0.1) is 10.2 Å². The molecular weight excluding hydrogens is 648 g/mol. The molecule has 246 valence electrons. The van der Waals surface area contributed by atoms with Gasteiger partial charge in [0.25, 0.3) is 11.1 Å². The fraction of sp³-hybridized carbons (Fsp3) is 0.321. The van der Waals surface area contributed by atoms with Crippen LogP contribution in [0.5, 0.6) is 0 Å². The number of nitrogens with zero attached hydrogens (tertiary/aromatic N) is 6. The quantitative estimate of drug-likeness (QED) is 0.188. The normalized spacial score (nSPS) is 14.5. The monoisotopic (exact) mass is 668 g/mol. The van der Waals surface area contributed by atoms with E-state index in [9.17, 15) is 35.9 Å². The summed E-state index contributed by atoms with van der Waals surface area (Å²) >= 11 is 0. The van der Waals surface area contributed by atoms with E-state index in [1.807, 2.05) is 0 Å². The summed E-state index contributed by atoms with van der Waals surface area (Å²) in [6.07, 6.45) is -5.26. The van der Waals surface area contributed by atoms with Gasteiger partial charge < -0.3 is 14.3 Å². The van der Waals surface area contributed by atoms with Gasteiger partial charge in [-0.2, -0.15) is 31.4 Å². The van der Waals surface area contributed by atoms with Crippen molar-refractivity contribution in [2.45, 2.75) is 56.5 Å². The number of fused-ring (bicyclic) bond motifs is 1. The number of hydrogen-bond acceptors (Lipinski definition) is 9. The van der Waals surface area contributed by atoms with Gasteiger partial charge in [-0.05, 0) is 43.2 Å². The zero-order chi connectivity index (χ0) is 33.7. The van der Waals surface area contributed by atoms with Crippen molar-refractivity contribution in [2.75, 3.05) is 5.32 Å². The first kappa shape index (κ1) is 31.7. The van der Waals surface area contributed by atoms with Crippen LogP contribution in [-0.2, 0) is 18.9 Å². The second-order valence-electron chi connectivity index (χ2n) is 10.7. The third-order valence-corrected chi connectivity index (χ3v) is 7.41. The minimum absolute atomic E-state index is 0.0259. The highest BCUT2D eigenvalue weighted by Gasteiger charge is 2.38. The SMILES string of the molecule is O=c1[nH]ncc(N[C@H](CCCn2ccc3cc(-c4ncc(C(F)(F)F)cn4)c(F)c(F)c3c2=O)c2nnc(C3CC3)o2)c1C(F)(F)F. The lowest BCUT2D eigenvalue weighted by atomic mass is 10.1. The van der Waals surface area contributed by atoms with E-state index >= 15 is 8.78 Å². The fourth-order valence-electron chi connectivity index (χ4n) is 4.91. The van der Waals surface area contributed by atoms with Gasteiger partial charge in [0.2, 0.25) is 11.8 Å². The molecule has 1 saturated carbocycles. The molecule has 0 unspecified atom stereocenters. The Bertz CT molecular complexity index is 2070. The Morgan fingerprint density at radius 3 is 2.38 bits per heavy atom. The zero-order valence-electron chi connectivity index (χ0n) is 23.6. The van der Waals surface area contributed by atoms with Crippen molar-refractivity contribution in [2.24, 2.45) is 0 Å². The number of halogens is 8. The molecule has 1 fully saturated rings. The summed E-state index contributed by atoms with van der Waals surface area (Å²) in [4.78, 5) is 32.1. The molecule has 6 rings (SSSR count). The number of aromatic amines is 1. The Morgan fingerprint density at radius 2 is 1.72 bits per heavy atom. The second-order valence-corrected chi connectivity index (χ2v) is 10.7. The zero-order valence-corrected chi connectivity index (χ0v) is 23.6. The van der Waals surface area contributed by atoms with Gasteiger partial charge in [0.1, 0.15) is 11.6 Å². The van der Waals surface area contributed by atoms with E-state index in [1.165, 1.54) is 12.3 Å². The van der Waals surface area contributed by atoms with Crippen molar-refractivity contribution in [1.29, 1.82) is 0 Å². The number of benzene rings is 1. The number of anilines is 1. The van der Waals surface area contributed by atoms with E-state index in [0.29, 0.717) is 18.3 Å². The minimum atomic E-state index is -5.03. The van der Waals surface area contributed by atoms with E-state index in [1.54, 1.807) is 5.10 Å². The molecule has 1 aromatic carbocycles. The number of hydrogen-bond donors (Lipinski definition) is 2. The summed E-state index contributed by atoms with van der Waals surface area (Å²) < 4.78 is 117. The number of rotatable bonds is 9. The molecule has 5 aromatic rings. The van der Waals surface area contributed by atoms with Crippen LogP contribution < -0.4 is 16.4 Å². The van der Waals surface area contributed by atoms with Crippen LogP contribution in [0.25, 0.3) is 22.2 Å². The first-order valence-corrected chi connectivity index (χ1v) is 13.9. The lowest BCUT2D eigenvalue weighted by Crippen LogP contribution is -2.26. The molecule has 1 aliphatic carbocycles. The van der Waals surface area contributed by atoms with Crippen molar-refractivity contribution >= 4 is 16.5 Å². The molecule has 0 aliphatic heterocycles. The molecule has 0 bridgehead atoms. The van der Waals surface area contributed by atoms with Gasteiger partial charge >= 0.3 is 12.4 Å². The third kappa shape index (κ3) is 6.41. The van der Waals surface area contributed by atoms with Crippen molar-refractivity contribution < 1.29 is 39.5 Å². The van der Waals surface area contributed by atoms with E-state index in [4.69, 9.17) is 4.42 Å². The average Bonchev–Trinajstić information content (AvgIpc) is 3.74. The van der Waals surface area contributed by atoms with Gasteiger partial charge in [-0.3, -0.25) is 9.59 Å². The van der Waals surface area contributed by atoms with E-state index < -0.39 is 74.7 Å². The lowest BCUT2D eigenvalue weighted by molar-refractivity contribution is -0.139. The standard InChI is InChI=1S/C28H20F8N8O3/c29-20-15(22-37-9-14(10-38-22)27(31,32)33)8-13-5-7-44(26(46)18(13)21(20)30)6-1-2-16(25-43-42-24(47-25)12-3-4-12)40-17-11-39-41-23(45)19(17)28(34,35)36/h5,7-12,16H,1-4,6H2,(H2,40,41,45)/t16-/m1/s1. The maximum atomic E-state index is 15.2. The Kier molecular flexibility index (Phi) is 8.00. The van der Waals surface area contributed by atoms with Gasteiger partial charge in [0.15, 0.2) is 17.5 Å². The van der Waals surface area contributed by atoms with Crippen LogP contribution in [0.4, 0.5) is 40.8 Å². The molecule has 0 spiro atoms. The summed E-state index contributed by atoms with van der Waals surface area (Å²) in [5, 5.41) is 15.0. The van der Waals surface area contributed by atoms with Crippen LogP contribution in [0.2, 0.25) is 0 Å². The van der Waals surface area contributed by atoms with Crippen LogP contribution >= 0.6 is 0 Å². The summed E-state index contributed by atoms with van der Waals surface area (Å²) in [5.41, 5.74) is -6.35. The minimum Gasteiger partial charge on any atom is -0.423 e. The smallest absolute Gasteiger partial charge is 0.423 e. The highest BCUT2D eigenvalue weighted by molar-refractivity contribution is 5.86. The summed E-state index contributed by atoms with van der Waals surface area (Å²) in [6.45, 7) is -0.124. The number of H-pyrrole nitrogens is 1. The number of aromatic nitrogens is 7. The van der Waals surface area contributed by atoms with Crippen LogP contribution in [-0.4, -0.2) is 34.9 Å². The largest absolute Gasteiger partial charge is 0.423 e.